The third kappa shape index (κ3) is 4.24. The molecule has 1 unspecified atom stereocenters. The van der Waals surface area contributed by atoms with Crippen molar-refractivity contribution < 1.29 is 14.7 Å². The van der Waals surface area contributed by atoms with E-state index in [1.165, 1.54) is 21.9 Å². The van der Waals surface area contributed by atoms with Gasteiger partial charge in [-0.1, -0.05) is 41.4 Å². The van der Waals surface area contributed by atoms with Crippen molar-refractivity contribution in [2.24, 2.45) is 0 Å². The van der Waals surface area contributed by atoms with Crippen LogP contribution in [0.25, 0.3) is 11.1 Å². The number of benzene rings is 2. The largest absolute Gasteiger partial charge is 0.507 e. The van der Waals surface area contributed by atoms with Gasteiger partial charge in [-0.2, -0.15) is 5.26 Å². The van der Waals surface area contributed by atoms with Gasteiger partial charge in [0.15, 0.2) is 0 Å². The number of nitriles is 1. The standard InChI is InChI=1S/C21H16Cl3N3O3/c1-2-20(29)27-6-5-26(11-13(27)10-25)21(30)16-8-15(18(24)9-19(16)28)14-7-12(22)3-4-17(14)23/h2-4,7-9,13,28H,1,5-6,11H2. The number of carbonyl (C=O) groups excluding carboxylic acids is 2. The Morgan fingerprint density at radius 3 is 2.50 bits per heavy atom. The SMILES string of the molecule is C=CC(=O)N1CCN(C(=O)c2cc(-c3cc(Cl)ccc3Cl)c(Cl)cc2O)CC1C#N. The van der Waals surface area contributed by atoms with Crippen LogP contribution in [0.5, 0.6) is 5.75 Å². The number of phenols is 1. The fraction of sp³-hybridized carbons (Fsp3) is 0.190. The summed E-state index contributed by atoms with van der Waals surface area (Å²) in [5.41, 5.74) is 0.952. The van der Waals surface area contributed by atoms with E-state index in [9.17, 15) is 20.0 Å². The maximum Gasteiger partial charge on any atom is 0.257 e. The predicted molar refractivity (Wildman–Crippen MR) is 116 cm³/mol. The van der Waals surface area contributed by atoms with E-state index in [0.29, 0.717) is 21.2 Å². The molecule has 0 aliphatic carbocycles. The molecule has 0 spiro atoms. The van der Waals surface area contributed by atoms with E-state index >= 15 is 0 Å². The van der Waals surface area contributed by atoms with E-state index in [4.69, 9.17) is 34.8 Å². The molecule has 2 aromatic rings. The zero-order valence-electron chi connectivity index (χ0n) is 15.6. The quantitative estimate of drug-likeness (QED) is 0.683. The van der Waals surface area contributed by atoms with Crippen molar-refractivity contribution in [1.82, 2.24) is 9.80 Å². The number of piperazine rings is 1. The van der Waals surface area contributed by atoms with Gasteiger partial charge in [-0.15, -0.1) is 0 Å². The van der Waals surface area contributed by atoms with Crippen molar-refractivity contribution in [2.75, 3.05) is 19.6 Å². The van der Waals surface area contributed by atoms with Crippen LogP contribution in [-0.2, 0) is 4.79 Å². The molecule has 6 nitrogen and oxygen atoms in total. The van der Waals surface area contributed by atoms with Crippen molar-refractivity contribution in [1.29, 1.82) is 5.26 Å². The number of nitrogens with zero attached hydrogens (tertiary/aromatic N) is 3. The molecule has 1 saturated heterocycles. The molecule has 2 aromatic carbocycles. The van der Waals surface area contributed by atoms with Crippen molar-refractivity contribution in [3.63, 3.8) is 0 Å². The number of amides is 2. The average molecular weight is 465 g/mol. The van der Waals surface area contributed by atoms with Crippen LogP contribution in [0.15, 0.2) is 43.0 Å². The lowest BCUT2D eigenvalue weighted by molar-refractivity contribution is -0.129. The highest BCUT2D eigenvalue weighted by molar-refractivity contribution is 6.38. The summed E-state index contributed by atoms with van der Waals surface area (Å²) in [5, 5.41) is 20.8. The third-order valence-corrected chi connectivity index (χ3v) is 5.69. The second-order valence-electron chi connectivity index (χ2n) is 6.61. The van der Waals surface area contributed by atoms with Crippen molar-refractivity contribution >= 4 is 46.6 Å². The van der Waals surface area contributed by atoms with E-state index in [0.717, 1.165) is 6.08 Å². The molecule has 1 fully saturated rings. The molecule has 1 N–H and O–H groups in total. The summed E-state index contributed by atoms with van der Waals surface area (Å²) >= 11 is 18.6. The second kappa shape index (κ2) is 8.97. The number of hydrogen-bond acceptors (Lipinski definition) is 4. The first-order chi connectivity index (χ1) is 14.3. The van der Waals surface area contributed by atoms with Gasteiger partial charge >= 0.3 is 0 Å². The average Bonchev–Trinajstić information content (AvgIpc) is 2.74. The van der Waals surface area contributed by atoms with Crippen molar-refractivity contribution in [3.8, 4) is 22.9 Å². The Balaban J connectivity index is 1.95. The Bertz CT molecular complexity index is 1080. The highest BCUT2D eigenvalue weighted by atomic mass is 35.5. The zero-order valence-corrected chi connectivity index (χ0v) is 17.9. The summed E-state index contributed by atoms with van der Waals surface area (Å²) in [4.78, 5) is 27.8. The number of hydrogen-bond donors (Lipinski definition) is 1. The highest BCUT2D eigenvalue weighted by Crippen LogP contribution is 2.38. The molecule has 1 atom stereocenters. The number of halogens is 3. The number of phenolic OH excluding ortho intramolecular Hbond substituents is 1. The lowest BCUT2D eigenvalue weighted by atomic mass is 10.0. The Morgan fingerprint density at radius 2 is 1.83 bits per heavy atom. The van der Waals surface area contributed by atoms with Crippen molar-refractivity contribution in [2.45, 2.75) is 6.04 Å². The van der Waals surface area contributed by atoms with Crippen LogP contribution in [0, 0.1) is 11.3 Å². The number of rotatable bonds is 3. The molecule has 1 heterocycles. The summed E-state index contributed by atoms with van der Waals surface area (Å²) in [5.74, 6) is -1.17. The molecule has 0 saturated carbocycles. The Morgan fingerprint density at radius 1 is 1.13 bits per heavy atom. The van der Waals surface area contributed by atoms with Crippen LogP contribution in [0.1, 0.15) is 10.4 Å². The van der Waals surface area contributed by atoms with E-state index in [2.05, 4.69) is 6.58 Å². The van der Waals surface area contributed by atoms with Crippen LogP contribution in [0.2, 0.25) is 15.1 Å². The van der Waals surface area contributed by atoms with Crippen LogP contribution in [0.3, 0.4) is 0 Å². The number of carbonyl (C=O) groups is 2. The summed E-state index contributed by atoms with van der Waals surface area (Å²) in [6.07, 6.45) is 1.13. The second-order valence-corrected chi connectivity index (χ2v) is 7.86. The third-order valence-electron chi connectivity index (χ3n) is 4.81. The van der Waals surface area contributed by atoms with Crippen LogP contribution >= 0.6 is 34.8 Å². The Hall–Kier alpha value is -2.72. The van der Waals surface area contributed by atoms with Crippen LogP contribution in [-0.4, -0.2) is 52.4 Å². The van der Waals surface area contributed by atoms with E-state index in [1.54, 1.807) is 18.2 Å². The maximum absolute atomic E-state index is 13.1. The fourth-order valence-electron chi connectivity index (χ4n) is 3.27. The predicted octanol–water partition coefficient (Wildman–Crippen LogP) is 4.38. The monoisotopic (exact) mass is 463 g/mol. The lowest BCUT2D eigenvalue weighted by Crippen LogP contribution is -2.55. The Labute approximate surface area is 188 Å². The molecule has 30 heavy (non-hydrogen) atoms. The Kier molecular flexibility index (Phi) is 6.57. The molecule has 3 rings (SSSR count). The first-order valence-electron chi connectivity index (χ1n) is 8.86. The van der Waals surface area contributed by atoms with Gasteiger partial charge in [-0.05, 0) is 36.4 Å². The summed E-state index contributed by atoms with van der Waals surface area (Å²) < 4.78 is 0. The molecule has 0 bridgehead atoms. The molecule has 9 heteroatoms. The van der Waals surface area contributed by atoms with Crippen molar-refractivity contribution in [3.05, 3.63) is 63.6 Å². The van der Waals surface area contributed by atoms with Gasteiger partial charge in [0.1, 0.15) is 11.8 Å². The molecule has 0 radical (unpaired) electrons. The number of aromatic hydroxyl groups is 1. The van der Waals surface area contributed by atoms with E-state index in [-0.39, 0.29) is 41.9 Å². The summed E-state index contributed by atoms with van der Waals surface area (Å²) in [7, 11) is 0. The van der Waals surface area contributed by atoms with Gasteiger partial charge in [0.25, 0.3) is 5.91 Å². The lowest BCUT2D eigenvalue weighted by Gasteiger charge is -2.37. The molecule has 1 aliphatic heterocycles. The summed E-state index contributed by atoms with van der Waals surface area (Å²) in [6, 6.07) is 8.77. The highest BCUT2D eigenvalue weighted by Gasteiger charge is 2.33. The smallest absolute Gasteiger partial charge is 0.257 e. The van der Waals surface area contributed by atoms with Gasteiger partial charge in [-0.3, -0.25) is 9.59 Å². The first kappa shape index (κ1) is 22.0. The van der Waals surface area contributed by atoms with E-state index in [1.807, 2.05) is 6.07 Å². The topological polar surface area (TPSA) is 84.6 Å². The maximum atomic E-state index is 13.1. The first-order valence-corrected chi connectivity index (χ1v) is 10.00. The normalized spacial score (nSPS) is 16.1. The molecule has 154 valence electrons. The molecular formula is C21H16Cl3N3O3. The van der Waals surface area contributed by atoms with Gasteiger partial charge < -0.3 is 14.9 Å². The van der Waals surface area contributed by atoms with Gasteiger partial charge in [0.05, 0.1) is 23.2 Å². The van der Waals surface area contributed by atoms with Crippen LogP contribution < -0.4 is 0 Å². The minimum Gasteiger partial charge on any atom is -0.507 e. The molecule has 0 aromatic heterocycles. The zero-order chi connectivity index (χ0) is 22.0. The van der Waals surface area contributed by atoms with Crippen LogP contribution in [0.4, 0.5) is 0 Å². The van der Waals surface area contributed by atoms with Gasteiger partial charge in [0.2, 0.25) is 5.91 Å². The van der Waals surface area contributed by atoms with Gasteiger partial charge in [0, 0.05) is 34.3 Å². The molecule has 2 amide bonds. The van der Waals surface area contributed by atoms with Gasteiger partial charge in [-0.25, -0.2) is 0 Å². The molecular weight excluding hydrogens is 449 g/mol. The minimum absolute atomic E-state index is 0.00420. The minimum atomic E-state index is -0.815. The summed E-state index contributed by atoms with van der Waals surface area (Å²) in [6.45, 7) is 3.81. The molecule has 1 aliphatic rings. The fourth-order valence-corrected chi connectivity index (χ4v) is 3.92. The van der Waals surface area contributed by atoms with E-state index < -0.39 is 11.9 Å².